The van der Waals surface area contributed by atoms with E-state index in [2.05, 4.69) is 52.0 Å². The predicted molar refractivity (Wildman–Crippen MR) is 116 cm³/mol. The number of para-hydroxylation sites is 2. The maximum absolute atomic E-state index is 8.83. The van der Waals surface area contributed by atoms with Gasteiger partial charge in [-0.15, -0.1) is 0 Å². The third-order valence-corrected chi connectivity index (χ3v) is 4.71. The van der Waals surface area contributed by atoms with Crippen LogP contribution in [0, 0.1) is 33.1 Å². The van der Waals surface area contributed by atoms with Crippen LogP contribution in [-0.2, 0) is 0 Å². The first kappa shape index (κ1) is 18.6. The molecule has 0 aliphatic heterocycles. The monoisotopic (exact) mass is 355 g/mol. The normalized spacial score (nSPS) is 11.0. The number of hydrogen-bond donors (Lipinski definition) is 1. The highest BCUT2D eigenvalue weighted by Gasteiger charge is 2.16. The number of amidine groups is 1. The molecule has 27 heavy (non-hydrogen) atoms. The molecule has 0 bridgehead atoms. The Balaban J connectivity index is 2.11. The molecule has 0 atom stereocenters. The molecule has 0 aliphatic carbocycles. The van der Waals surface area contributed by atoms with Crippen molar-refractivity contribution in [2.75, 3.05) is 4.90 Å². The molecule has 3 nitrogen and oxygen atoms in total. The first-order valence-electron chi connectivity index (χ1n) is 9.09. The largest absolute Gasteiger partial charge is 0.285 e. The summed E-state index contributed by atoms with van der Waals surface area (Å²) in [6.07, 6.45) is 1.78. The average Bonchev–Trinajstić information content (AvgIpc) is 2.66. The number of benzene rings is 3. The summed E-state index contributed by atoms with van der Waals surface area (Å²) < 4.78 is 0. The fourth-order valence-electron chi connectivity index (χ4n) is 3.27. The van der Waals surface area contributed by atoms with Crippen LogP contribution in [0.15, 0.2) is 71.7 Å². The van der Waals surface area contributed by atoms with Crippen molar-refractivity contribution in [3.8, 4) is 0 Å². The third-order valence-electron chi connectivity index (χ3n) is 4.71. The van der Waals surface area contributed by atoms with Crippen LogP contribution in [0.4, 0.5) is 11.4 Å². The minimum absolute atomic E-state index is 0.406. The second-order valence-electron chi connectivity index (χ2n) is 6.81. The van der Waals surface area contributed by atoms with E-state index in [1.165, 1.54) is 0 Å². The van der Waals surface area contributed by atoms with Gasteiger partial charge in [0, 0.05) is 5.56 Å². The summed E-state index contributed by atoms with van der Waals surface area (Å²) in [5.41, 5.74) is 7.29. The molecule has 0 radical (unpaired) electrons. The molecule has 0 aliphatic rings. The standard InChI is InChI=1S/C24H25N3/c1-17-10-8-11-18(2)22(17)26-16-27(23-19(3)12-9-13-20(23)4)24(25)21-14-6-5-7-15-21/h5-16,25H,1-4H3. The summed E-state index contributed by atoms with van der Waals surface area (Å²) in [6.45, 7) is 8.26. The molecule has 0 amide bonds. The van der Waals surface area contributed by atoms with E-state index in [1.54, 1.807) is 6.34 Å². The molecular formula is C24H25N3. The van der Waals surface area contributed by atoms with Crippen LogP contribution in [0.5, 0.6) is 0 Å². The zero-order valence-electron chi connectivity index (χ0n) is 16.3. The highest BCUT2D eigenvalue weighted by atomic mass is 15.2. The number of rotatable bonds is 4. The van der Waals surface area contributed by atoms with Crippen LogP contribution in [0.25, 0.3) is 0 Å². The highest BCUT2D eigenvalue weighted by molar-refractivity contribution is 6.18. The van der Waals surface area contributed by atoms with Gasteiger partial charge in [0.2, 0.25) is 0 Å². The molecule has 136 valence electrons. The Morgan fingerprint density at radius 2 is 1.26 bits per heavy atom. The molecule has 3 aromatic carbocycles. The van der Waals surface area contributed by atoms with Gasteiger partial charge in [0.1, 0.15) is 12.2 Å². The number of nitrogens with one attached hydrogen (secondary N) is 1. The Hall–Kier alpha value is -3.20. The number of aliphatic imine (C=N–C) groups is 1. The predicted octanol–water partition coefficient (Wildman–Crippen LogP) is 6.11. The summed E-state index contributed by atoms with van der Waals surface area (Å²) in [5.74, 6) is 0.406. The molecule has 0 saturated heterocycles. The van der Waals surface area contributed by atoms with Crippen molar-refractivity contribution in [1.29, 1.82) is 5.41 Å². The molecule has 0 aromatic heterocycles. The lowest BCUT2D eigenvalue weighted by Crippen LogP contribution is -2.30. The molecule has 0 fully saturated rings. The van der Waals surface area contributed by atoms with Gasteiger partial charge in [0.05, 0.1) is 11.4 Å². The van der Waals surface area contributed by atoms with Crippen LogP contribution in [0.2, 0.25) is 0 Å². The van der Waals surface area contributed by atoms with Gasteiger partial charge in [-0.05, 0) is 49.9 Å². The van der Waals surface area contributed by atoms with Gasteiger partial charge in [0.15, 0.2) is 0 Å². The van der Waals surface area contributed by atoms with E-state index in [0.29, 0.717) is 5.84 Å². The van der Waals surface area contributed by atoms with Gasteiger partial charge < -0.3 is 0 Å². The van der Waals surface area contributed by atoms with E-state index in [4.69, 9.17) is 10.4 Å². The summed E-state index contributed by atoms with van der Waals surface area (Å²) in [7, 11) is 0. The van der Waals surface area contributed by atoms with Gasteiger partial charge in [0.25, 0.3) is 0 Å². The Labute approximate surface area is 161 Å². The summed E-state index contributed by atoms with van der Waals surface area (Å²) in [4.78, 5) is 6.65. The molecule has 0 spiro atoms. The molecule has 3 rings (SSSR count). The second-order valence-corrected chi connectivity index (χ2v) is 6.81. The van der Waals surface area contributed by atoms with Crippen molar-refractivity contribution in [1.82, 2.24) is 0 Å². The SMILES string of the molecule is Cc1cccc(C)c1N=CN(C(=N)c1ccccc1)c1c(C)cccc1C. The topological polar surface area (TPSA) is 39.5 Å². The Morgan fingerprint density at radius 3 is 1.81 bits per heavy atom. The van der Waals surface area contributed by atoms with E-state index in [1.807, 2.05) is 47.4 Å². The second kappa shape index (κ2) is 8.00. The molecule has 0 unspecified atom stereocenters. The Kier molecular flexibility index (Phi) is 5.51. The molecule has 0 saturated carbocycles. The molecule has 3 heteroatoms. The van der Waals surface area contributed by atoms with Crippen molar-refractivity contribution in [2.24, 2.45) is 4.99 Å². The molecule has 0 heterocycles. The van der Waals surface area contributed by atoms with Crippen LogP contribution in [-0.4, -0.2) is 12.2 Å². The van der Waals surface area contributed by atoms with Gasteiger partial charge in [-0.1, -0.05) is 66.7 Å². The van der Waals surface area contributed by atoms with E-state index in [9.17, 15) is 0 Å². The lowest BCUT2D eigenvalue weighted by atomic mass is 10.1. The number of anilines is 1. The Bertz CT molecular complexity index is 947. The highest BCUT2D eigenvalue weighted by Crippen LogP contribution is 2.27. The smallest absolute Gasteiger partial charge is 0.137 e. The maximum Gasteiger partial charge on any atom is 0.137 e. The average molecular weight is 355 g/mol. The number of aryl methyl sites for hydroxylation is 4. The lowest BCUT2D eigenvalue weighted by molar-refractivity contribution is 1.26. The van der Waals surface area contributed by atoms with Crippen molar-refractivity contribution >= 4 is 23.5 Å². The maximum atomic E-state index is 8.83. The van der Waals surface area contributed by atoms with Gasteiger partial charge in [-0.3, -0.25) is 10.3 Å². The molecular weight excluding hydrogens is 330 g/mol. The Morgan fingerprint density at radius 1 is 0.741 bits per heavy atom. The van der Waals surface area contributed by atoms with Gasteiger partial charge in [-0.2, -0.15) is 0 Å². The van der Waals surface area contributed by atoms with Gasteiger partial charge in [-0.25, -0.2) is 4.99 Å². The molecule has 3 aromatic rings. The fourth-order valence-corrected chi connectivity index (χ4v) is 3.27. The minimum Gasteiger partial charge on any atom is -0.285 e. The third kappa shape index (κ3) is 3.98. The van der Waals surface area contributed by atoms with Crippen molar-refractivity contribution < 1.29 is 0 Å². The van der Waals surface area contributed by atoms with Crippen LogP contribution >= 0.6 is 0 Å². The summed E-state index contributed by atoms with van der Waals surface area (Å²) >= 11 is 0. The number of nitrogens with zero attached hydrogens (tertiary/aromatic N) is 2. The molecule has 1 N–H and O–H groups in total. The zero-order chi connectivity index (χ0) is 19.4. The summed E-state index contributed by atoms with van der Waals surface area (Å²) in [6, 6.07) is 22.1. The first-order valence-corrected chi connectivity index (χ1v) is 9.09. The zero-order valence-corrected chi connectivity index (χ0v) is 16.3. The first-order chi connectivity index (χ1) is 13.0. The van der Waals surface area contributed by atoms with Crippen molar-refractivity contribution in [3.05, 3.63) is 94.5 Å². The summed E-state index contributed by atoms with van der Waals surface area (Å²) in [5, 5.41) is 8.83. The van der Waals surface area contributed by atoms with E-state index in [-0.39, 0.29) is 0 Å². The van der Waals surface area contributed by atoms with Gasteiger partial charge >= 0.3 is 0 Å². The van der Waals surface area contributed by atoms with Crippen molar-refractivity contribution in [2.45, 2.75) is 27.7 Å². The number of hydrogen-bond acceptors (Lipinski definition) is 2. The quantitative estimate of drug-likeness (QED) is 0.445. The van der Waals surface area contributed by atoms with E-state index < -0.39 is 0 Å². The van der Waals surface area contributed by atoms with Crippen LogP contribution in [0.3, 0.4) is 0 Å². The van der Waals surface area contributed by atoms with E-state index in [0.717, 1.165) is 39.2 Å². The van der Waals surface area contributed by atoms with E-state index >= 15 is 0 Å². The van der Waals surface area contributed by atoms with Crippen LogP contribution < -0.4 is 4.90 Å². The van der Waals surface area contributed by atoms with Crippen molar-refractivity contribution in [3.63, 3.8) is 0 Å². The fraction of sp³-hybridized carbons (Fsp3) is 0.167. The lowest BCUT2D eigenvalue weighted by Gasteiger charge is -2.24. The van der Waals surface area contributed by atoms with Crippen LogP contribution in [0.1, 0.15) is 27.8 Å². The minimum atomic E-state index is 0.406.